The standard InChI is InChI=1S/C16H16ClN5O2/c1-9-6-14-19-13(7-12(17)22(14)21-9)20-15(23)10-4-5-11(18-8-10)16(2,3)24/h4-8,24H,1-3H3,(H,19,20,23). The number of aryl methyl sites for hydroxylation is 1. The molecule has 0 saturated heterocycles. The molecule has 3 aromatic heterocycles. The summed E-state index contributed by atoms with van der Waals surface area (Å²) in [6, 6.07) is 6.50. The molecule has 0 bridgehead atoms. The first kappa shape index (κ1) is 16.4. The maximum absolute atomic E-state index is 12.3. The minimum Gasteiger partial charge on any atom is -0.384 e. The van der Waals surface area contributed by atoms with E-state index in [0.717, 1.165) is 5.69 Å². The van der Waals surface area contributed by atoms with Gasteiger partial charge < -0.3 is 10.4 Å². The highest BCUT2D eigenvalue weighted by Crippen LogP contribution is 2.19. The van der Waals surface area contributed by atoms with Gasteiger partial charge in [0, 0.05) is 18.3 Å². The van der Waals surface area contributed by atoms with E-state index in [1.807, 2.05) is 6.92 Å². The molecule has 124 valence electrons. The molecule has 0 aliphatic rings. The first-order chi connectivity index (χ1) is 11.2. The Kier molecular flexibility index (Phi) is 3.98. The van der Waals surface area contributed by atoms with Crippen molar-refractivity contribution in [1.29, 1.82) is 0 Å². The number of nitrogens with zero attached hydrogens (tertiary/aromatic N) is 4. The van der Waals surface area contributed by atoms with Crippen LogP contribution in [0.25, 0.3) is 5.65 Å². The highest BCUT2D eigenvalue weighted by Gasteiger charge is 2.18. The van der Waals surface area contributed by atoms with E-state index in [1.54, 1.807) is 32.0 Å². The molecule has 1 amide bonds. The van der Waals surface area contributed by atoms with Gasteiger partial charge in [-0.1, -0.05) is 11.6 Å². The number of hydrogen-bond acceptors (Lipinski definition) is 5. The number of nitrogens with one attached hydrogen (secondary N) is 1. The van der Waals surface area contributed by atoms with E-state index in [-0.39, 0.29) is 5.91 Å². The molecule has 0 saturated carbocycles. The van der Waals surface area contributed by atoms with Crippen LogP contribution in [0.1, 0.15) is 35.6 Å². The Labute approximate surface area is 143 Å². The number of pyridine rings is 1. The summed E-state index contributed by atoms with van der Waals surface area (Å²) in [7, 11) is 0. The Morgan fingerprint density at radius 1 is 1.33 bits per heavy atom. The number of carbonyl (C=O) groups excluding carboxylic acids is 1. The normalized spacial score (nSPS) is 11.7. The van der Waals surface area contributed by atoms with Crippen molar-refractivity contribution in [2.24, 2.45) is 0 Å². The molecule has 0 radical (unpaired) electrons. The Bertz CT molecular complexity index is 913. The molecule has 0 fully saturated rings. The first-order valence-electron chi connectivity index (χ1n) is 7.27. The van der Waals surface area contributed by atoms with Crippen molar-refractivity contribution in [1.82, 2.24) is 19.6 Å². The van der Waals surface area contributed by atoms with E-state index in [4.69, 9.17) is 11.6 Å². The van der Waals surface area contributed by atoms with Gasteiger partial charge in [-0.25, -0.2) is 9.50 Å². The zero-order valence-corrected chi connectivity index (χ0v) is 14.2. The number of aliphatic hydroxyl groups is 1. The summed E-state index contributed by atoms with van der Waals surface area (Å²) in [4.78, 5) is 20.7. The SMILES string of the molecule is Cc1cc2nc(NC(=O)c3ccc(C(C)(C)O)nc3)cc(Cl)n2n1. The molecular formula is C16H16ClN5O2. The third kappa shape index (κ3) is 3.22. The van der Waals surface area contributed by atoms with Crippen LogP contribution in [0.3, 0.4) is 0 Å². The van der Waals surface area contributed by atoms with Gasteiger partial charge in [0.15, 0.2) is 5.65 Å². The predicted octanol–water partition coefficient (Wildman–Crippen LogP) is 2.57. The highest BCUT2D eigenvalue weighted by molar-refractivity contribution is 6.30. The summed E-state index contributed by atoms with van der Waals surface area (Å²) in [6.45, 7) is 5.09. The second-order valence-electron chi connectivity index (χ2n) is 5.97. The maximum atomic E-state index is 12.3. The van der Waals surface area contributed by atoms with Crippen LogP contribution in [0.15, 0.2) is 30.5 Å². The van der Waals surface area contributed by atoms with Gasteiger partial charge in [0.1, 0.15) is 16.6 Å². The average Bonchev–Trinajstić information content (AvgIpc) is 2.87. The van der Waals surface area contributed by atoms with Crippen LogP contribution in [0.4, 0.5) is 5.82 Å². The molecule has 0 aromatic carbocycles. The van der Waals surface area contributed by atoms with Crippen molar-refractivity contribution in [2.45, 2.75) is 26.4 Å². The van der Waals surface area contributed by atoms with Crippen LogP contribution in [-0.2, 0) is 5.60 Å². The van der Waals surface area contributed by atoms with Crippen LogP contribution in [0, 0.1) is 6.92 Å². The van der Waals surface area contributed by atoms with Crippen molar-refractivity contribution in [3.63, 3.8) is 0 Å². The third-order valence-corrected chi connectivity index (χ3v) is 3.67. The van der Waals surface area contributed by atoms with Gasteiger partial charge in [-0.05, 0) is 32.9 Å². The smallest absolute Gasteiger partial charge is 0.258 e. The van der Waals surface area contributed by atoms with E-state index >= 15 is 0 Å². The molecule has 0 spiro atoms. The molecule has 3 heterocycles. The molecule has 0 unspecified atom stereocenters. The first-order valence-corrected chi connectivity index (χ1v) is 7.65. The number of anilines is 1. The summed E-state index contributed by atoms with van der Waals surface area (Å²) in [5, 5.41) is 17.1. The lowest BCUT2D eigenvalue weighted by Gasteiger charge is -2.16. The van der Waals surface area contributed by atoms with Crippen molar-refractivity contribution >= 4 is 29.0 Å². The van der Waals surface area contributed by atoms with Gasteiger partial charge in [0.05, 0.1) is 17.0 Å². The lowest BCUT2D eigenvalue weighted by atomic mass is 10.0. The summed E-state index contributed by atoms with van der Waals surface area (Å²) < 4.78 is 1.49. The van der Waals surface area contributed by atoms with Gasteiger partial charge in [-0.2, -0.15) is 5.10 Å². The number of carbonyl (C=O) groups is 1. The van der Waals surface area contributed by atoms with E-state index in [0.29, 0.717) is 27.9 Å². The van der Waals surface area contributed by atoms with Crippen LogP contribution in [0.2, 0.25) is 5.15 Å². The van der Waals surface area contributed by atoms with Gasteiger partial charge >= 0.3 is 0 Å². The maximum Gasteiger partial charge on any atom is 0.258 e. The lowest BCUT2D eigenvalue weighted by Crippen LogP contribution is -2.19. The van der Waals surface area contributed by atoms with Gasteiger partial charge in [0.25, 0.3) is 5.91 Å². The van der Waals surface area contributed by atoms with E-state index < -0.39 is 5.60 Å². The van der Waals surface area contributed by atoms with Gasteiger partial charge in [-0.15, -0.1) is 0 Å². The summed E-state index contributed by atoms with van der Waals surface area (Å²) in [5.41, 5.74) is 1.10. The molecule has 8 heteroatoms. The van der Waals surface area contributed by atoms with E-state index in [1.165, 1.54) is 16.8 Å². The van der Waals surface area contributed by atoms with Crippen molar-refractivity contribution in [3.8, 4) is 0 Å². The highest BCUT2D eigenvalue weighted by atomic mass is 35.5. The molecule has 3 rings (SSSR count). The monoisotopic (exact) mass is 345 g/mol. The number of hydrogen-bond donors (Lipinski definition) is 2. The third-order valence-electron chi connectivity index (χ3n) is 3.40. The fourth-order valence-corrected chi connectivity index (χ4v) is 2.42. The van der Waals surface area contributed by atoms with Crippen LogP contribution >= 0.6 is 11.6 Å². The Morgan fingerprint density at radius 3 is 2.71 bits per heavy atom. The number of fused-ring (bicyclic) bond motifs is 1. The molecule has 0 aliphatic carbocycles. The number of halogens is 1. The molecule has 2 N–H and O–H groups in total. The zero-order valence-electron chi connectivity index (χ0n) is 13.4. The molecular weight excluding hydrogens is 330 g/mol. The van der Waals surface area contributed by atoms with E-state index in [9.17, 15) is 9.90 Å². The average molecular weight is 346 g/mol. The van der Waals surface area contributed by atoms with Gasteiger partial charge in [-0.3, -0.25) is 9.78 Å². The van der Waals surface area contributed by atoms with Gasteiger partial charge in [0.2, 0.25) is 0 Å². The predicted molar refractivity (Wildman–Crippen MR) is 90.2 cm³/mol. The lowest BCUT2D eigenvalue weighted by molar-refractivity contribution is 0.0737. The zero-order chi connectivity index (χ0) is 17.5. The Morgan fingerprint density at radius 2 is 2.08 bits per heavy atom. The quantitative estimate of drug-likeness (QED) is 0.712. The second kappa shape index (κ2) is 5.85. The van der Waals surface area contributed by atoms with Crippen LogP contribution in [0.5, 0.6) is 0 Å². The summed E-state index contributed by atoms with van der Waals surface area (Å²) >= 11 is 6.14. The molecule has 24 heavy (non-hydrogen) atoms. The van der Waals surface area contributed by atoms with Crippen LogP contribution < -0.4 is 5.32 Å². The topological polar surface area (TPSA) is 92.4 Å². The summed E-state index contributed by atoms with van der Waals surface area (Å²) in [6.07, 6.45) is 1.41. The van der Waals surface area contributed by atoms with Crippen molar-refractivity contribution in [2.75, 3.05) is 5.32 Å². The minimum absolute atomic E-state index is 0.323. The molecule has 0 aliphatic heterocycles. The second-order valence-corrected chi connectivity index (χ2v) is 6.35. The number of rotatable bonds is 3. The molecule has 7 nitrogen and oxygen atoms in total. The molecule has 0 atom stereocenters. The van der Waals surface area contributed by atoms with Crippen molar-refractivity contribution < 1.29 is 9.90 Å². The fourth-order valence-electron chi connectivity index (χ4n) is 2.19. The fraction of sp³-hybridized carbons (Fsp3) is 0.250. The summed E-state index contributed by atoms with van der Waals surface area (Å²) in [5.74, 6) is -0.0436. The largest absolute Gasteiger partial charge is 0.384 e. The molecule has 3 aromatic rings. The van der Waals surface area contributed by atoms with E-state index in [2.05, 4.69) is 20.4 Å². The Balaban J connectivity index is 1.84. The number of aromatic nitrogens is 4. The van der Waals surface area contributed by atoms with Crippen molar-refractivity contribution in [3.05, 3.63) is 52.6 Å². The number of amides is 1. The van der Waals surface area contributed by atoms with Crippen LogP contribution in [-0.4, -0.2) is 30.6 Å². The Hall–Kier alpha value is -2.51. The minimum atomic E-state index is -1.06.